The zero-order valence-electron chi connectivity index (χ0n) is 11.5. The molecule has 0 aliphatic rings. The van der Waals surface area contributed by atoms with E-state index < -0.39 is 25.4 Å². The Bertz CT molecular complexity index is 227. The molecule has 0 aromatic heterocycles. The molecule has 19 heavy (non-hydrogen) atoms. The molecule has 0 aromatic rings. The van der Waals surface area contributed by atoms with Gasteiger partial charge in [0.25, 0.3) is 0 Å². The van der Waals surface area contributed by atoms with Gasteiger partial charge in [0.15, 0.2) is 5.79 Å². The Labute approximate surface area is 131 Å². The van der Waals surface area contributed by atoms with E-state index in [4.69, 9.17) is 48.1 Å². The summed E-state index contributed by atoms with van der Waals surface area (Å²) in [6.45, 7) is 0. The second kappa shape index (κ2) is 10.6. The summed E-state index contributed by atoms with van der Waals surface area (Å²) in [4.78, 5) is 0. The lowest BCUT2D eigenvalue weighted by Gasteiger charge is -2.31. The minimum Gasteiger partial charge on any atom is -0.375 e. The molecule has 3 nitrogen and oxygen atoms in total. The van der Waals surface area contributed by atoms with E-state index in [1.54, 1.807) is 0 Å². The smallest absolute Gasteiger partial charge is 0.375 e. The van der Waals surface area contributed by atoms with E-state index >= 15 is 0 Å². The molecule has 0 aromatic carbocycles. The van der Waals surface area contributed by atoms with Crippen LogP contribution in [0.5, 0.6) is 0 Å². The van der Waals surface area contributed by atoms with Gasteiger partial charge in [0.1, 0.15) is 0 Å². The third-order valence-corrected chi connectivity index (χ3v) is 7.29. The number of halogens is 4. The van der Waals surface area contributed by atoms with Crippen LogP contribution < -0.4 is 0 Å². The fourth-order valence-corrected chi connectivity index (χ4v) is 4.72. The maximum Gasteiger partial charge on any atom is 0.537 e. The van der Waals surface area contributed by atoms with Gasteiger partial charge < -0.3 is 13.3 Å². The second-order valence-corrected chi connectivity index (χ2v) is 8.54. The van der Waals surface area contributed by atoms with Gasteiger partial charge in [-0.3, -0.25) is 0 Å². The standard InChI is InChI=1S/C11H22Cl3FO3Si/c1-16-19(17-2,18-3)11(15)10(14)9(13)7-5-4-6-8-12/h9-11H,4-8H2,1-3H3. The molecular weight excluding hydrogens is 334 g/mol. The van der Waals surface area contributed by atoms with Crippen LogP contribution in [0, 0.1) is 0 Å². The Kier molecular flexibility index (Phi) is 11.1. The Balaban J connectivity index is 4.40. The van der Waals surface area contributed by atoms with Gasteiger partial charge in [-0.1, -0.05) is 12.8 Å². The first-order chi connectivity index (χ1) is 8.98. The third-order valence-electron chi connectivity index (χ3n) is 2.93. The van der Waals surface area contributed by atoms with Crippen LogP contribution in [-0.2, 0) is 13.3 Å². The normalized spacial score (nSPS) is 17.2. The molecule has 0 aliphatic heterocycles. The Morgan fingerprint density at radius 1 is 1.00 bits per heavy atom. The maximum atomic E-state index is 14.4. The van der Waals surface area contributed by atoms with E-state index in [-0.39, 0.29) is 0 Å². The largest absolute Gasteiger partial charge is 0.537 e. The van der Waals surface area contributed by atoms with E-state index in [1.165, 1.54) is 21.3 Å². The van der Waals surface area contributed by atoms with E-state index in [9.17, 15) is 4.39 Å². The third kappa shape index (κ3) is 6.04. The molecule has 116 valence electrons. The van der Waals surface area contributed by atoms with Crippen molar-refractivity contribution < 1.29 is 17.7 Å². The topological polar surface area (TPSA) is 27.7 Å². The predicted octanol–water partition coefficient (Wildman–Crippen LogP) is 3.76. The highest BCUT2D eigenvalue weighted by atomic mass is 35.5. The van der Waals surface area contributed by atoms with Crippen LogP contribution in [0.3, 0.4) is 0 Å². The van der Waals surface area contributed by atoms with Crippen LogP contribution in [0.25, 0.3) is 0 Å². The van der Waals surface area contributed by atoms with Crippen molar-refractivity contribution in [1.82, 2.24) is 0 Å². The second-order valence-electron chi connectivity index (χ2n) is 4.12. The van der Waals surface area contributed by atoms with Gasteiger partial charge in [-0.15, -0.1) is 34.8 Å². The number of unbranched alkanes of at least 4 members (excludes halogenated alkanes) is 2. The summed E-state index contributed by atoms with van der Waals surface area (Å²) < 4.78 is 29.6. The van der Waals surface area contributed by atoms with Crippen LogP contribution in [0.15, 0.2) is 0 Å². The van der Waals surface area contributed by atoms with Crippen molar-refractivity contribution in [3.63, 3.8) is 0 Å². The van der Waals surface area contributed by atoms with Gasteiger partial charge in [-0.05, 0) is 12.8 Å². The van der Waals surface area contributed by atoms with E-state index in [2.05, 4.69) is 0 Å². The zero-order valence-corrected chi connectivity index (χ0v) is 14.8. The van der Waals surface area contributed by atoms with Crippen molar-refractivity contribution in [2.24, 2.45) is 0 Å². The summed E-state index contributed by atoms with van der Waals surface area (Å²) >= 11 is 17.8. The zero-order chi connectivity index (χ0) is 14.9. The summed E-state index contributed by atoms with van der Waals surface area (Å²) in [5.41, 5.74) is 0. The molecular formula is C11H22Cl3FO3Si. The van der Waals surface area contributed by atoms with Crippen LogP contribution in [0.1, 0.15) is 25.7 Å². The number of hydrogen-bond donors (Lipinski definition) is 0. The molecule has 3 unspecified atom stereocenters. The average molecular weight is 356 g/mol. The first-order valence-corrected chi connectivity index (χ1v) is 9.33. The van der Waals surface area contributed by atoms with Gasteiger partial charge in [-0.25, -0.2) is 4.39 Å². The number of alkyl halides is 4. The van der Waals surface area contributed by atoms with Gasteiger partial charge in [0.2, 0.25) is 0 Å². The minimum atomic E-state index is -3.41. The average Bonchev–Trinajstić information content (AvgIpc) is 2.44. The minimum absolute atomic E-state index is 0.501. The van der Waals surface area contributed by atoms with Crippen LogP contribution in [0.2, 0.25) is 0 Å². The SMILES string of the molecule is CO[Si](OC)(OC)C(F)C(Cl)C(Cl)CCCCCCl. The molecule has 0 fully saturated rings. The lowest BCUT2D eigenvalue weighted by Crippen LogP contribution is -2.57. The van der Waals surface area contributed by atoms with Gasteiger partial charge in [-0.2, -0.15) is 0 Å². The number of rotatable bonds is 11. The van der Waals surface area contributed by atoms with Crippen molar-refractivity contribution >= 4 is 43.6 Å². The molecule has 0 heterocycles. The molecule has 0 saturated heterocycles. The van der Waals surface area contributed by atoms with Crippen molar-refractivity contribution in [1.29, 1.82) is 0 Å². The monoisotopic (exact) mass is 354 g/mol. The Morgan fingerprint density at radius 3 is 1.95 bits per heavy atom. The van der Waals surface area contributed by atoms with E-state index in [0.29, 0.717) is 12.3 Å². The molecule has 0 aliphatic carbocycles. The van der Waals surface area contributed by atoms with Crippen molar-refractivity contribution in [2.45, 2.75) is 42.2 Å². The molecule has 8 heteroatoms. The molecule has 0 bridgehead atoms. The van der Waals surface area contributed by atoms with Crippen LogP contribution in [0.4, 0.5) is 4.39 Å². The summed E-state index contributed by atoms with van der Waals surface area (Å²) in [6.07, 6.45) is 3.35. The van der Waals surface area contributed by atoms with Crippen LogP contribution in [-0.4, -0.2) is 52.6 Å². The molecule has 0 radical (unpaired) electrons. The van der Waals surface area contributed by atoms with E-state index in [0.717, 1.165) is 19.3 Å². The Morgan fingerprint density at radius 2 is 1.53 bits per heavy atom. The fraction of sp³-hybridized carbons (Fsp3) is 1.00. The summed E-state index contributed by atoms with van der Waals surface area (Å²) in [7, 11) is 0.634. The summed E-state index contributed by atoms with van der Waals surface area (Å²) in [5, 5.41) is -1.41. The predicted molar refractivity (Wildman–Crippen MR) is 80.1 cm³/mol. The molecule has 0 N–H and O–H groups in total. The van der Waals surface area contributed by atoms with Crippen molar-refractivity contribution in [3.05, 3.63) is 0 Å². The summed E-state index contributed by atoms with van der Waals surface area (Å²) in [6, 6.07) is 0. The quantitative estimate of drug-likeness (QED) is 0.321. The first kappa shape index (κ1) is 19.9. The molecule has 0 spiro atoms. The molecule has 3 atom stereocenters. The molecule has 0 amide bonds. The molecule has 0 saturated carbocycles. The lowest BCUT2D eigenvalue weighted by molar-refractivity contribution is 0.0866. The van der Waals surface area contributed by atoms with E-state index in [1.807, 2.05) is 0 Å². The van der Waals surface area contributed by atoms with Crippen LogP contribution >= 0.6 is 34.8 Å². The summed E-state index contributed by atoms with van der Waals surface area (Å²) in [5.74, 6) is -0.944. The first-order valence-electron chi connectivity index (χ1n) is 6.12. The van der Waals surface area contributed by atoms with Gasteiger partial charge >= 0.3 is 8.80 Å². The highest BCUT2D eigenvalue weighted by Gasteiger charge is 2.53. The van der Waals surface area contributed by atoms with Gasteiger partial charge in [0, 0.05) is 27.2 Å². The maximum absolute atomic E-state index is 14.4. The highest BCUT2D eigenvalue weighted by molar-refractivity contribution is 6.63. The van der Waals surface area contributed by atoms with Crippen molar-refractivity contribution in [3.8, 4) is 0 Å². The van der Waals surface area contributed by atoms with Crippen molar-refractivity contribution in [2.75, 3.05) is 27.2 Å². The molecule has 0 rings (SSSR count). The lowest BCUT2D eigenvalue weighted by atomic mass is 10.1. The number of hydrogen-bond acceptors (Lipinski definition) is 3. The van der Waals surface area contributed by atoms with Gasteiger partial charge in [0.05, 0.1) is 10.8 Å². The fourth-order valence-electron chi connectivity index (χ4n) is 1.74. The highest BCUT2D eigenvalue weighted by Crippen LogP contribution is 2.28. The Hall–Kier alpha value is 0.897.